The average Bonchev–Trinajstić information content (AvgIpc) is 2.03. The Morgan fingerprint density at radius 2 is 2.25 bits per heavy atom. The minimum atomic E-state index is -0.563. The number of ether oxygens (including phenoxy) is 1. The van der Waals surface area contributed by atoms with E-state index in [2.05, 4.69) is 4.74 Å². The molecule has 0 aromatic heterocycles. The van der Waals surface area contributed by atoms with Crippen LogP contribution in [-0.4, -0.2) is 13.1 Å². The molecule has 0 saturated carbocycles. The summed E-state index contributed by atoms with van der Waals surface area (Å²) in [7, 11) is 1.24. The number of hydrogen-bond donors (Lipinski definition) is 1. The SMILES string of the molecule is COC(=O)c1ccc(F)cc1N. The van der Waals surface area contributed by atoms with E-state index in [1.165, 1.54) is 13.2 Å². The summed E-state index contributed by atoms with van der Waals surface area (Å²) < 4.78 is 16.9. The summed E-state index contributed by atoms with van der Waals surface area (Å²) in [6.07, 6.45) is 0. The number of nitrogen functional groups attached to an aromatic ring is 1. The first-order chi connectivity index (χ1) is 5.65. The van der Waals surface area contributed by atoms with Gasteiger partial charge in [-0.3, -0.25) is 0 Å². The zero-order valence-corrected chi connectivity index (χ0v) is 6.50. The highest BCUT2D eigenvalue weighted by Gasteiger charge is 2.09. The highest BCUT2D eigenvalue weighted by atomic mass is 19.1. The van der Waals surface area contributed by atoms with E-state index in [-0.39, 0.29) is 11.3 Å². The first kappa shape index (κ1) is 8.52. The van der Waals surface area contributed by atoms with Gasteiger partial charge in [-0.25, -0.2) is 9.18 Å². The number of esters is 1. The van der Waals surface area contributed by atoms with Crippen molar-refractivity contribution >= 4 is 11.7 Å². The number of carbonyl (C=O) groups is 1. The van der Waals surface area contributed by atoms with Gasteiger partial charge in [0.2, 0.25) is 0 Å². The molecule has 0 aliphatic carbocycles. The largest absolute Gasteiger partial charge is 0.465 e. The molecule has 0 heterocycles. The second kappa shape index (κ2) is 3.21. The first-order valence-corrected chi connectivity index (χ1v) is 3.28. The molecule has 0 spiro atoms. The van der Waals surface area contributed by atoms with Gasteiger partial charge in [-0.1, -0.05) is 0 Å². The molecule has 1 aromatic carbocycles. The summed E-state index contributed by atoms with van der Waals surface area (Å²) in [5, 5.41) is 0. The van der Waals surface area contributed by atoms with Crippen LogP contribution in [0.15, 0.2) is 18.2 Å². The Morgan fingerprint density at radius 1 is 1.58 bits per heavy atom. The predicted octanol–water partition coefficient (Wildman–Crippen LogP) is 1.19. The molecule has 0 aliphatic heterocycles. The second-order valence-electron chi connectivity index (χ2n) is 2.22. The average molecular weight is 169 g/mol. The Hall–Kier alpha value is -1.58. The van der Waals surface area contributed by atoms with E-state index in [0.29, 0.717) is 0 Å². The smallest absolute Gasteiger partial charge is 0.339 e. The normalized spacial score (nSPS) is 9.50. The Morgan fingerprint density at radius 3 is 2.75 bits per heavy atom. The lowest BCUT2D eigenvalue weighted by molar-refractivity contribution is 0.0602. The van der Waals surface area contributed by atoms with Crippen molar-refractivity contribution in [3.63, 3.8) is 0 Å². The van der Waals surface area contributed by atoms with E-state index in [1.54, 1.807) is 0 Å². The third-order valence-corrected chi connectivity index (χ3v) is 1.42. The minimum absolute atomic E-state index is 0.0850. The summed E-state index contributed by atoms with van der Waals surface area (Å²) in [5.41, 5.74) is 5.62. The van der Waals surface area contributed by atoms with Crippen molar-refractivity contribution in [3.8, 4) is 0 Å². The highest BCUT2D eigenvalue weighted by molar-refractivity contribution is 5.94. The van der Waals surface area contributed by atoms with Crippen molar-refractivity contribution in [3.05, 3.63) is 29.6 Å². The molecule has 1 aromatic rings. The number of benzene rings is 1. The molecule has 0 fully saturated rings. The lowest BCUT2D eigenvalue weighted by Gasteiger charge is -2.02. The molecule has 3 nitrogen and oxygen atoms in total. The van der Waals surface area contributed by atoms with Crippen molar-refractivity contribution in [2.24, 2.45) is 0 Å². The van der Waals surface area contributed by atoms with E-state index < -0.39 is 11.8 Å². The van der Waals surface area contributed by atoms with Gasteiger partial charge in [0.05, 0.1) is 12.7 Å². The van der Waals surface area contributed by atoms with Crippen molar-refractivity contribution in [2.75, 3.05) is 12.8 Å². The third-order valence-electron chi connectivity index (χ3n) is 1.42. The Kier molecular flexibility index (Phi) is 2.28. The van der Waals surface area contributed by atoms with Gasteiger partial charge >= 0.3 is 5.97 Å². The van der Waals surface area contributed by atoms with Crippen molar-refractivity contribution in [1.82, 2.24) is 0 Å². The van der Waals surface area contributed by atoms with Gasteiger partial charge in [0.1, 0.15) is 5.82 Å². The predicted molar refractivity (Wildman–Crippen MR) is 42.2 cm³/mol. The van der Waals surface area contributed by atoms with E-state index >= 15 is 0 Å². The Balaban J connectivity index is 3.09. The van der Waals surface area contributed by atoms with Crippen LogP contribution in [0.4, 0.5) is 10.1 Å². The molecule has 64 valence electrons. The Bertz CT molecular complexity index is 312. The molecular formula is C8H8FNO2. The van der Waals surface area contributed by atoms with Gasteiger partial charge < -0.3 is 10.5 Å². The zero-order chi connectivity index (χ0) is 9.14. The molecule has 0 radical (unpaired) electrons. The topological polar surface area (TPSA) is 52.3 Å². The molecule has 0 saturated heterocycles. The van der Waals surface area contributed by atoms with Crippen molar-refractivity contribution in [2.45, 2.75) is 0 Å². The second-order valence-corrected chi connectivity index (χ2v) is 2.22. The molecule has 0 amide bonds. The molecule has 12 heavy (non-hydrogen) atoms. The monoisotopic (exact) mass is 169 g/mol. The van der Waals surface area contributed by atoms with E-state index in [1.807, 2.05) is 0 Å². The fourth-order valence-corrected chi connectivity index (χ4v) is 0.829. The molecule has 2 N–H and O–H groups in total. The van der Waals surface area contributed by atoms with Gasteiger partial charge in [0.15, 0.2) is 0 Å². The number of halogens is 1. The van der Waals surface area contributed by atoms with Crippen LogP contribution >= 0.6 is 0 Å². The lowest BCUT2D eigenvalue weighted by Crippen LogP contribution is -2.05. The number of anilines is 1. The number of carbonyl (C=O) groups excluding carboxylic acids is 1. The number of methoxy groups -OCH3 is 1. The van der Waals surface area contributed by atoms with Crippen molar-refractivity contribution in [1.29, 1.82) is 0 Å². The molecular weight excluding hydrogens is 161 g/mol. The molecule has 0 bridgehead atoms. The van der Waals surface area contributed by atoms with Gasteiger partial charge in [-0.15, -0.1) is 0 Å². The summed E-state index contributed by atoms with van der Waals surface area (Å²) in [5.74, 6) is -1.03. The summed E-state index contributed by atoms with van der Waals surface area (Å²) >= 11 is 0. The van der Waals surface area contributed by atoms with Crippen LogP contribution in [0.2, 0.25) is 0 Å². The van der Waals surface area contributed by atoms with Gasteiger partial charge in [0, 0.05) is 5.69 Å². The molecule has 0 atom stereocenters. The molecule has 4 heteroatoms. The number of hydrogen-bond acceptors (Lipinski definition) is 3. The van der Waals surface area contributed by atoms with Crippen LogP contribution in [0.25, 0.3) is 0 Å². The maximum Gasteiger partial charge on any atom is 0.339 e. The van der Waals surface area contributed by atoms with Crippen LogP contribution < -0.4 is 5.73 Å². The molecule has 0 aliphatic rings. The van der Waals surface area contributed by atoms with Crippen LogP contribution in [-0.2, 0) is 4.74 Å². The van der Waals surface area contributed by atoms with Gasteiger partial charge in [-0.05, 0) is 18.2 Å². The maximum absolute atomic E-state index is 12.5. The minimum Gasteiger partial charge on any atom is -0.465 e. The van der Waals surface area contributed by atoms with Crippen LogP contribution in [0, 0.1) is 5.82 Å². The first-order valence-electron chi connectivity index (χ1n) is 3.28. The summed E-state index contributed by atoms with van der Waals surface area (Å²) in [6.45, 7) is 0. The van der Waals surface area contributed by atoms with E-state index in [4.69, 9.17) is 5.73 Å². The van der Waals surface area contributed by atoms with Gasteiger partial charge in [-0.2, -0.15) is 0 Å². The summed E-state index contributed by atoms with van der Waals surface area (Å²) in [4.78, 5) is 10.9. The fourth-order valence-electron chi connectivity index (χ4n) is 0.829. The van der Waals surface area contributed by atoms with Crippen LogP contribution in [0.5, 0.6) is 0 Å². The highest BCUT2D eigenvalue weighted by Crippen LogP contribution is 2.13. The molecule has 1 rings (SSSR count). The third kappa shape index (κ3) is 1.53. The maximum atomic E-state index is 12.5. The standard InChI is InChI=1S/C8H8FNO2/c1-12-8(11)6-3-2-5(9)4-7(6)10/h2-4H,10H2,1H3. The summed E-state index contributed by atoms with van der Waals surface area (Å²) in [6, 6.07) is 3.52. The lowest BCUT2D eigenvalue weighted by atomic mass is 10.2. The van der Waals surface area contributed by atoms with E-state index in [9.17, 15) is 9.18 Å². The van der Waals surface area contributed by atoms with Crippen LogP contribution in [0.1, 0.15) is 10.4 Å². The number of nitrogens with two attached hydrogens (primary N) is 1. The number of rotatable bonds is 1. The van der Waals surface area contributed by atoms with Crippen LogP contribution in [0.3, 0.4) is 0 Å². The fraction of sp³-hybridized carbons (Fsp3) is 0.125. The van der Waals surface area contributed by atoms with Crippen molar-refractivity contribution < 1.29 is 13.9 Å². The van der Waals surface area contributed by atoms with Gasteiger partial charge in [0.25, 0.3) is 0 Å². The van der Waals surface area contributed by atoms with E-state index in [0.717, 1.165) is 12.1 Å². The quantitative estimate of drug-likeness (QED) is 0.507. The Labute approximate surface area is 68.9 Å². The zero-order valence-electron chi connectivity index (χ0n) is 6.50. The molecule has 0 unspecified atom stereocenters.